The lowest BCUT2D eigenvalue weighted by Crippen LogP contribution is -2.36. The van der Waals surface area contributed by atoms with Gasteiger partial charge in [-0.25, -0.2) is 0 Å². The lowest BCUT2D eigenvalue weighted by atomic mass is 9.64. The summed E-state index contributed by atoms with van der Waals surface area (Å²) in [6, 6.07) is 99.7. The molecule has 12 aromatic carbocycles. The average molecular weight is 968 g/mol. The molecule has 3 heterocycles. The summed E-state index contributed by atoms with van der Waals surface area (Å²) < 4.78 is 14.1. The first kappa shape index (κ1) is 42.5. The number of rotatable bonds is 6. The summed E-state index contributed by atoms with van der Waals surface area (Å²) >= 11 is 0. The molecule has 3 heteroatoms. The number of fused-ring (bicyclic) bond motifs is 15. The first-order valence-electron chi connectivity index (χ1n) is 26.2. The predicted molar refractivity (Wildman–Crippen MR) is 314 cm³/mol. The van der Waals surface area contributed by atoms with Gasteiger partial charge in [0.2, 0.25) is 0 Å². The highest BCUT2D eigenvalue weighted by atomic mass is 16.3. The molecule has 0 radical (unpaired) electrons. The second-order valence-electron chi connectivity index (χ2n) is 20.2. The Morgan fingerprint density at radius 3 is 1.18 bits per heavy atom. The Morgan fingerprint density at radius 2 is 0.632 bits per heavy atom. The van der Waals surface area contributed by atoms with E-state index in [2.05, 4.69) is 266 Å². The van der Waals surface area contributed by atoms with Crippen molar-refractivity contribution in [1.82, 2.24) is 0 Å². The van der Waals surface area contributed by atoms with E-state index in [0.29, 0.717) is 0 Å². The minimum Gasteiger partial charge on any atom is -0.455 e. The zero-order chi connectivity index (χ0) is 49.9. The van der Waals surface area contributed by atoms with Gasteiger partial charge in [0.25, 0.3) is 0 Å². The lowest BCUT2D eigenvalue weighted by molar-refractivity contribution is 0.664. The van der Waals surface area contributed by atoms with E-state index >= 15 is 0 Å². The Morgan fingerprint density at radius 1 is 0.237 bits per heavy atom. The first-order chi connectivity index (χ1) is 37.7. The van der Waals surface area contributed by atoms with Gasteiger partial charge in [-0.15, -0.1) is 0 Å². The van der Waals surface area contributed by atoms with Crippen molar-refractivity contribution in [2.45, 2.75) is 5.41 Å². The molecule has 16 rings (SSSR count). The molecule has 1 aliphatic carbocycles. The van der Waals surface area contributed by atoms with Gasteiger partial charge in [0.1, 0.15) is 16.7 Å². The summed E-state index contributed by atoms with van der Waals surface area (Å²) in [5.41, 5.74) is 24.7. The van der Waals surface area contributed by atoms with E-state index < -0.39 is 5.41 Å². The van der Waals surface area contributed by atoms with Crippen molar-refractivity contribution < 1.29 is 8.83 Å². The summed E-state index contributed by atoms with van der Waals surface area (Å²) in [6.45, 7) is 0. The fourth-order valence-electron chi connectivity index (χ4n) is 13.1. The highest BCUT2D eigenvalue weighted by molar-refractivity contribution is 6.17. The van der Waals surface area contributed by atoms with Crippen LogP contribution in [0.5, 0.6) is 0 Å². The molecule has 0 atom stereocenters. The third-order valence-electron chi connectivity index (χ3n) is 16.3. The van der Waals surface area contributed by atoms with Gasteiger partial charge in [-0.05, 0) is 114 Å². The van der Waals surface area contributed by atoms with E-state index in [1.807, 2.05) is 12.1 Å². The normalized spacial score (nSPS) is 13.1. The van der Waals surface area contributed by atoms with E-state index in [1.54, 1.807) is 0 Å². The zero-order valence-corrected chi connectivity index (χ0v) is 41.2. The molecule has 354 valence electrons. The van der Waals surface area contributed by atoms with Crippen LogP contribution in [0.25, 0.3) is 111 Å². The Kier molecular flexibility index (Phi) is 9.25. The molecular weight excluding hydrogens is 923 g/mol. The molecule has 2 aromatic heterocycles. The molecule has 0 amide bonds. The van der Waals surface area contributed by atoms with E-state index in [4.69, 9.17) is 8.83 Å². The van der Waals surface area contributed by atoms with Gasteiger partial charge in [0.15, 0.2) is 5.58 Å². The monoisotopic (exact) mass is 967 g/mol. The second kappa shape index (κ2) is 16.5. The highest BCUT2D eigenvalue weighted by Gasteiger charge is 2.52. The molecule has 3 nitrogen and oxygen atoms in total. The molecule has 0 saturated heterocycles. The van der Waals surface area contributed by atoms with Gasteiger partial charge in [-0.2, -0.15) is 0 Å². The van der Waals surface area contributed by atoms with Crippen molar-refractivity contribution in [1.29, 1.82) is 0 Å². The molecule has 1 aliphatic heterocycles. The Balaban J connectivity index is 1.01. The maximum absolute atomic E-state index is 7.44. The van der Waals surface area contributed by atoms with Crippen molar-refractivity contribution in [3.8, 4) is 66.8 Å². The van der Waals surface area contributed by atoms with Gasteiger partial charge in [-0.1, -0.05) is 237 Å². The predicted octanol–water partition coefficient (Wildman–Crippen LogP) is 20.0. The average Bonchev–Trinajstić information content (AvgIpc) is 4.33. The van der Waals surface area contributed by atoms with Gasteiger partial charge in [0.05, 0.1) is 22.5 Å². The number of anilines is 3. The van der Waals surface area contributed by atoms with Crippen LogP contribution in [-0.2, 0) is 5.41 Å². The van der Waals surface area contributed by atoms with Crippen LogP contribution in [0.3, 0.4) is 0 Å². The van der Waals surface area contributed by atoms with Crippen molar-refractivity contribution >= 4 is 60.9 Å². The van der Waals surface area contributed by atoms with Gasteiger partial charge < -0.3 is 13.7 Å². The van der Waals surface area contributed by atoms with E-state index in [9.17, 15) is 0 Å². The van der Waals surface area contributed by atoms with Crippen LogP contribution in [0.4, 0.5) is 17.1 Å². The number of para-hydroxylation sites is 4. The van der Waals surface area contributed by atoms with E-state index in [1.165, 1.54) is 66.8 Å². The maximum atomic E-state index is 7.44. The molecule has 14 aromatic rings. The van der Waals surface area contributed by atoms with Gasteiger partial charge in [0, 0.05) is 32.7 Å². The number of benzene rings is 12. The molecule has 0 bridgehead atoms. The first-order valence-corrected chi connectivity index (χ1v) is 26.2. The van der Waals surface area contributed by atoms with Crippen LogP contribution in [0.1, 0.15) is 22.3 Å². The van der Waals surface area contributed by atoms with Crippen LogP contribution < -0.4 is 4.90 Å². The highest BCUT2D eigenvalue weighted by Crippen LogP contribution is 2.65. The largest absolute Gasteiger partial charge is 0.455 e. The topological polar surface area (TPSA) is 29.5 Å². The minimum absolute atomic E-state index is 0.718. The smallest absolute Gasteiger partial charge is 0.159 e. The standard InChI is InChI=1S/C73H45NO2/c1-3-20-46(21-4-1)50-24-7-9-26-52(50)48-40-42-66-64(44-48)73(62-36-14-11-28-54(62)55-29-12-15-37-63(55)73)65-45-49(53-27-10-8-25-51(53)47-22-5-2-6-23-47)41-43-67(65)74(66)68-38-19-35-61-60-34-18-33-59(71(60)76-72(61)68)58-32-17-31-57-56-30-13-16-39-69(56)75-70(57)58/h1-45H. The Labute approximate surface area is 439 Å². The quantitative estimate of drug-likeness (QED) is 0.166. The van der Waals surface area contributed by atoms with Gasteiger partial charge in [-0.3, -0.25) is 0 Å². The van der Waals surface area contributed by atoms with Crippen LogP contribution in [0.15, 0.2) is 282 Å². The Hall–Kier alpha value is -9.96. The van der Waals surface area contributed by atoms with E-state index in [-0.39, 0.29) is 0 Å². The van der Waals surface area contributed by atoms with Crippen LogP contribution in [-0.4, -0.2) is 0 Å². The van der Waals surface area contributed by atoms with Crippen molar-refractivity contribution in [2.24, 2.45) is 0 Å². The summed E-state index contributed by atoms with van der Waals surface area (Å²) in [6.07, 6.45) is 0. The number of hydrogen-bond acceptors (Lipinski definition) is 3. The van der Waals surface area contributed by atoms with Crippen LogP contribution in [0, 0.1) is 0 Å². The van der Waals surface area contributed by atoms with Crippen LogP contribution in [0.2, 0.25) is 0 Å². The fourth-order valence-corrected chi connectivity index (χ4v) is 13.1. The lowest BCUT2D eigenvalue weighted by Gasteiger charge is -2.45. The molecule has 0 fully saturated rings. The third-order valence-corrected chi connectivity index (χ3v) is 16.3. The summed E-state index contributed by atoms with van der Waals surface area (Å²) in [5.74, 6) is 0. The summed E-state index contributed by atoms with van der Waals surface area (Å²) in [4.78, 5) is 2.49. The number of hydrogen-bond donors (Lipinski definition) is 0. The third kappa shape index (κ3) is 6.05. The molecule has 2 aliphatic rings. The fraction of sp³-hybridized carbons (Fsp3) is 0.0137. The zero-order valence-electron chi connectivity index (χ0n) is 41.2. The van der Waals surface area contributed by atoms with Crippen LogP contribution >= 0.6 is 0 Å². The van der Waals surface area contributed by atoms with Crippen molar-refractivity contribution in [2.75, 3.05) is 4.90 Å². The molecule has 1 spiro atoms. The van der Waals surface area contributed by atoms with Gasteiger partial charge >= 0.3 is 0 Å². The van der Waals surface area contributed by atoms with Crippen molar-refractivity contribution in [3.63, 3.8) is 0 Å². The second-order valence-corrected chi connectivity index (χ2v) is 20.2. The number of furan rings is 2. The summed E-state index contributed by atoms with van der Waals surface area (Å²) in [7, 11) is 0. The Bertz CT molecular complexity index is 4470. The molecule has 76 heavy (non-hydrogen) atoms. The molecule has 0 unspecified atom stereocenters. The molecular formula is C73H45NO2. The minimum atomic E-state index is -0.718. The molecule has 0 N–H and O–H groups in total. The van der Waals surface area contributed by atoms with Crippen molar-refractivity contribution in [3.05, 3.63) is 295 Å². The maximum Gasteiger partial charge on any atom is 0.159 e. The SMILES string of the molecule is c1ccc(-c2ccccc2-c2ccc3c(c2)C2(c4ccccc4-c4ccccc42)c2cc(-c4ccccc4-c4ccccc4)ccc2N3c2cccc3c2oc2c(-c4cccc5c4oc4ccccc45)cccc23)cc1. The molecule has 0 saturated carbocycles. The number of nitrogens with zero attached hydrogens (tertiary/aromatic N) is 1. The summed E-state index contributed by atoms with van der Waals surface area (Å²) in [5, 5.41) is 4.29. The van der Waals surface area contributed by atoms with E-state index in [0.717, 1.165) is 83.2 Å².